The van der Waals surface area contributed by atoms with Crippen LogP contribution >= 0.6 is 0 Å². The molecule has 1 heterocycles. The molecule has 2 atom stereocenters. The third kappa shape index (κ3) is 7.55. The SMILES string of the molecule is COCCCNC(=O)[C@]1(Cc2ccccc2N=[N+]=[N-])N=C(c2ccc(OCCCO)cc2)O[C@@H]1c1ccc(-c2ccccc2)cc1. The van der Waals surface area contributed by atoms with E-state index < -0.39 is 11.6 Å². The average molecular weight is 620 g/mol. The fourth-order valence-electron chi connectivity index (χ4n) is 5.43. The highest BCUT2D eigenvalue weighted by molar-refractivity contribution is 6.01. The summed E-state index contributed by atoms with van der Waals surface area (Å²) in [6.07, 6.45) is 0.477. The highest BCUT2D eigenvalue weighted by atomic mass is 16.5. The molecule has 0 bridgehead atoms. The lowest BCUT2D eigenvalue weighted by molar-refractivity contribution is -0.129. The Morgan fingerprint density at radius 1 is 0.935 bits per heavy atom. The van der Waals surface area contributed by atoms with E-state index in [9.17, 15) is 10.3 Å². The summed E-state index contributed by atoms with van der Waals surface area (Å²) in [5, 5.41) is 16.0. The molecule has 1 amide bonds. The molecular weight excluding hydrogens is 582 g/mol. The summed E-state index contributed by atoms with van der Waals surface area (Å²) >= 11 is 0. The smallest absolute Gasteiger partial charge is 0.252 e. The van der Waals surface area contributed by atoms with Gasteiger partial charge >= 0.3 is 0 Å². The second-order valence-corrected chi connectivity index (χ2v) is 10.9. The van der Waals surface area contributed by atoms with Crippen molar-refractivity contribution in [2.45, 2.75) is 30.9 Å². The van der Waals surface area contributed by atoms with Gasteiger partial charge in [0.15, 0.2) is 11.6 Å². The second-order valence-electron chi connectivity index (χ2n) is 10.9. The van der Waals surface area contributed by atoms with Crippen molar-refractivity contribution >= 4 is 17.5 Å². The standard InChI is InChI=1S/C36H37N5O5/c1-44-23-7-21-38-35(43)36(25-30-11-5-6-12-32(30)40-41-37)33(28-15-13-27(14-16-28)26-9-3-2-4-10-26)46-34(39-36)29-17-19-31(20-18-29)45-24-8-22-42/h2-6,9-20,33,42H,7-8,21-25H2,1H3,(H,38,43)/t33-,36-/m1/s1. The zero-order valence-corrected chi connectivity index (χ0v) is 25.7. The number of aliphatic hydroxyl groups is 1. The Kier molecular flexibility index (Phi) is 11.0. The molecule has 46 heavy (non-hydrogen) atoms. The normalized spacial score (nSPS) is 17.0. The number of hydrogen-bond acceptors (Lipinski definition) is 7. The number of hydrogen-bond donors (Lipinski definition) is 2. The summed E-state index contributed by atoms with van der Waals surface area (Å²) in [5.41, 5.74) is 12.5. The Bertz CT molecular complexity index is 1670. The van der Waals surface area contributed by atoms with Crippen LogP contribution in [0.3, 0.4) is 0 Å². The van der Waals surface area contributed by atoms with Crippen molar-refractivity contribution in [3.8, 4) is 16.9 Å². The number of benzene rings is 4. The van der Waals surface area contributed by atoms with Crippen molar-refractivity contribution in [2.24, 2.45) is 10.1 Å². The van der Waals surface area contributed by atoms with Gasteiger partial charge in [-0.3, -0.25) is 4.79 Å². The van der Waals surface area contributed by atoms with Crippen LogP contribution in [0.1, 0.15) is 35.6 Å². The second kappa shape index (κ2) is 15.7. The van der Waals surface area contributed by atoms with Gasteiger partial charge in [0, 0.05) is 55.9 Å². The molecule has 0 spiro atoms. The third-order valence-electron chi connectivity index (χ3n) is 7.77. The van der Waals surface area contributed by atoms with Crippen LogP contribution in [0, 0.1) is 0 Å². The number of ether oxygens (including phenoxy) is 3. The molecule has 10 nitrogen and oxygen atoms in total. The molecule has 10 heteroatoms. The van der Waals surface area contributed by atoms with Crippen LogP contribution in [0.15, 0.2) is 113 Å². The molecule has 4 aromatic carbocycles. The van der Waals surface area contributed by atoms with Gasteiger partial charge in [-0.05, 0) is 58.5 Å². The van der Waals surface area contributed by atoms with E-state index in [1.807, 2.05) is 91.0 Å². The predicted octanol–water partition coefficient (Wildman–Crippen LogP) is 6.71. The number of nitrogens with zero attached hydrogens (tertiary/aromatic N) is 4. The number of aliphatic hydroxyl groups excluding tert-OH is 1. The van der Waals surface area contributed by atoms with Crippen molar-refractivity contribution in [3.05, 3.63) is 130 Å². The van der Waals surface area contributed by atoms with Crippen LogP contribution in [0.4, 0.5) is 5.69 Å². The fraction of sp³-hybridized carbons (Fsp3) is 0.278. The van der Waals surface area contributed by atoms with Gasteiger partial charge in [-0.15, -0.1) is 0 Å². The summed E-state index contributed by atoms with van der Waals surface area (Å²) in [6, 6.07) is 32.5. The molecule has 1 aliphatic heterocycles. The van der Waals surface area contributed by atoms with Gasteiger partial charge in [0.1, 0.15) is 5.75 Å². The van der Waals surface area contributed by atoms with Crippen LogP contribution < -0.4 is 10.1 Å². The molecule has 0 saturated heterocycles. The van der Waals surface area contributed by atoms with E-state index in [1.54, 1.807) is 19.2 Å². The lowest BCUT2D eigenvalue weighted by Crippen LogP contribution is -2.50. The minimum atomic E-state index is -1.44. The average Bonchev–Trinajstić information content (AvgIpc) is 3.49. The van der Waals surface area contributed by atoms with E-state index in [0.29, 0.717) is 61.1 Å². The van der Waals surface area contributed by atoms with E-state index in [1.165, 1.54) is 0 Å². The van der Waals surface area contributed by atoms with E-state index in [2.05, 4.69) is 15.3 Å². The molecule has 1 aliphatic rings. The molecule has 2 N–H and O–H groups in total. The number of amides is 1. The van der Waals surface area contributed by atoms with Gasteiger partial charge in [-0.1, -0.05) is 84.0 Å². The van der Waals surface area contributed by atoms with E-state index >= 15 is 0 Å². The highest BCUT2D eigenvalue weighted by Crippen LogP contribution is 2.44. The topological polar surface area (TPSA) is 138 Å². The number of methoxy groups -OCH3 is 1. The van der Waals surface area contributed by atoms with E-state index in [-0.39, 0.29) is 18.9 Å². The molecule has 0 unspecified atom stereocenters. The minimum Gasteiger partial charge on any atom is -0.494 e. The van der Waals surface area contributed by atoms with E-state index in [0.717, 1.165) is 16.7 Å². The van der Waals surface area contributed by atoms with Crippen molar-refractivity contribution in [1.82, 2.24) is 5.32 Å². The summed E-state index contributed by atoms with van der Waals surface area (Å²) in [7, 11) is 1.62. The fourth-order valence-corrected chi connectivity index (χ4v) is 5.43. The Labute approximate surface area is 268 Å². The van der Waals surface area contributed by atoms with Gasteiger partial charge in [0.05, 0.1) is 6.61 Å². The van der Waals surface area contributed by atoms with Crippen LogP contribution in [0.5, 0.6) is 5.75 Å². The van der Waals surface area contributed by atoms with Gasteiger partial charge < -0.3 is 24.6 Å². The maximum atomic E-state index is 14.4. The summed E-state index contributed by atoms with van der Waals surface area (Å²) < 4.78 is 17.5. The quantitative estimate of drug-likeness (QED) is 0.0659. The van der Waals surface area contributed by atoms with E-state index in [4.69, 9.17) is 24.3 Å². The Morgan fingerprint density at radius 3 is 2.35 bits per heavy atom. The first-order chi connectivity index (χ1) is 22.6. The molecule has 4 aromatic rings. The van der Waals surface area contributed by atoms with Crippen molar-refractivity contribution in [1.29, 1.82) is 0 Å². The molecule has 0 radical (unpaired) electrons. The Hall–Kier alpha value is -5.15. The maximum absolute atomic E-state index is 14.4. The van der Waals surface area contributed by atoms with Gasteiger partial charge in [0.25, 0.3) is 5.91 Å². The zero-order chi connectivity index (χ0) is 32.2. The van der Waals surface area contributed by atoms with Crippen LogP contribution in [0.2, 0.25) is 0 Å². The highest BCUT2D eigenvalue weighted by Gasteiger charge is 2.53. The van der Waals surface area contributed by atoms with Crippen LogP contribution in [-0.4, -0.2) is 55.9 Å². The van der Waals surface area contributed by atoms with Gasteiger partial charge in [0.2, 0.25) is 5.90 Å². The zero-order valence-electron chi connectivity index (χ0n) is 25.7. The monoisotopic (exact) mass is 619 g/mol. The summed E-state index contributed by atoms with van der Waals surface area (Å²) in [6.45, 7) is 1.33. The molecule has 0 aliphatic carbocycles. The number of rotatable bonds is 15. The first kappa shape index (κ1) is 32.2. The number of azide groups is 1. The lowest BCUT2D eigenvalue weighted by Gasteiger charge is -2.31. The number of nitrogens with one attached hydrogen (secondary N) is 1. The number of carbonyl (C=O) groups excluding carboxylic acids is 1. The molecule has 0 saturated carbocycles. The first-order valence-corrected chi connectivity index (χ1v) is 15.2. The van der Waals surface area contributed by atoms with Crippen molar-refractivity contribution < 1.29 is 24.1 Å². The van der Waals surface area contributed by atoms with Gasteiger partial charge in [-0.25, -0.2) is 4.99 Å². The largest absolute Gasteiger partial charge is 0.494 e. The third-order valence-corrected chi connectivity index (χ3v) is 7.77. The molecule has 5 rings (SSSR count). The molecule has 236 valence electrons. The number of aliphatic imine (C=N–C) groups is 1. The Morgan fingerprint density at radius 2 is 1.63 bits per heavy atom. The molecular formula is C36H37N5O5. The minimum absolute atomic E-state index is 0.0505. The van der Waals surface area contributed by atoms with Gasteiger partial charge in [-0.2, -0.15) is 0 Å². The van der Waals surface area contributed by atoms with Crippen LogP contribution in [-0.2, 0) is 20.7 Å². The van der Waals surface area contributed by atoms with Crippen molar-refractivity contribution in [2.75, 3.05) is 33.5 Å². The summed E-state index contributed by atoms with van der Waals surface area (Å²) in [5.74, 6) is 0.650. The predicted molar refractivity (Wildman–Crippen MR) is 177 cm³/mol. The Balaban J connectivity index is 1.58. The van der Waals surface area contributed by atoms with Crippen LogP contribution in [0.25, 0.3) is 21.6 Å². The number of carbonyl (C=O) groups is 1. The van der Waals surface area contributed by atoms with Crippen molar-refractivity contribution in [3.63, 3.8) is 0 Å². The lowest BCUT2D eigenvalue weighted by atomic mass is 9.81. The summed E-state index contributed by atoms with van der Waals surface area (Å²) in [4.78, 5) is 22.5. The molecule has 0 aromatic heterocycles. The molecule has 0 fully saturated rings. The maximum Gasteiger partial charge on any atom is 0.252 e. The first-order valence-electron chi connectivity index (χ1n) is 15.2.